The van der Waals surface area contributed by atoms with E-state index in [0.29, 0.717) is 12.6 Å². The first-order valence-corrected chi connectivity index (χ1v) is 7.48. The molecular weight excluding hydrogens is 240 g/mol. The highest BCUT2D eigenvalue weighted by Gasteiger charge is 2.25. The van der Waals surface area contributed by atoms with Crippen molar-refractivity contribution in [3.63, 3.8) is 0 Å². The van der Waals surface area contributed by atoms with E-state index < -0.39 is 0 Å². The van der Waals surface area contributed by atoms with Crippen molar-refractivity contribution in [2.24, 2.45) is 5.73 Å². The van der Waals surface area contributed by atoms with Crippen molar-refractivity contribution >= 4 is 5.95 Å². The predicted octanol–water partition coefficient (Wildman–Crippen LogP) is 1.55. The van der Waals surface area contributed by atoms with Gasteiger partial charge in [-0.3, -0.25) is 0 Å². The van der Waals surface area contributed by atoms with Crippen LogP contribution < -0.4 is 10.6 Å². The minimum absolute atomic E-state index is 0.144. The summed E-state index contributed by atoms with van der Waals surface area (Å²) in [5, 5.41) is 0. The fourth-order valence-corrected chi connectivity index (χ4v) is 3.24. The highest BCUT2D eigenvalue weighted by atomic mass is 16.5. The maximum atomic E-state index is 5.72. The van der Waals surface area contributed by atoms with Gasteiger partial charge in [-0.1, -0.05) is 19.3 Å². The molecule has 1 unspecified atom stereocenters. The first kappa shape index (κ1) is 12.9. The Morgan fingerprint density at radius 3 is 2.95 bits per heavy atom. The van der Waals surface area contributed by atoms with E-state index in [4.69, 9.17) is 10.5 Å². The van der Waals surface area contributed by atoms with Gasteiger partial charge < -0.3 is 19.9 Å². The third-order valence-electron chi connectivity index (χ3n) is 4.30. The molecule has 1 aromatic rings. The van der Waals surface area contributed by atoms with Crippen molar-refractivity contribution in [3.8, 4) is 0 Å². The molecule has 1 aliphatic heterocycles. The van der Waals surface area contributed by atoms with Gasteiger partial charge in [0.1, 0.15) is 0 Å². The van der Waals surface area contributed by atoms with Crippen molar-refractivity contribution < 1.29 is 4.74 Å². The van der Waals surface area contributed by atoms with E-state index in [1.165, 1.54) is 32.1 Å². The van der Waals surface area contributed by atoms with Crippen LogP contribution in [-0.4, -0.2) is 41.9 Å². The number of morpholine rings is 1. The van der Waals surface area contributed by atoms with Gasteiger partial charge >= 0.3 is 0 Å². The number of rotatable bonds is 3. The number of aromatic nitrogens is 2. The molecule has 0 spiro atoms. The molecule has 2 N–H and O–H groups in total. The normalized spacial score (nSPS) is 25.7. The number of hydrogen-bond donors (Lipinski definition) is 1. The average molecular weight is 264 g/mol. The van der Waals surface area contributed by atoms with E-state index in [1.54, 1.807) is 0 Å². The second-order valence-corrected chi connectivity index (χ2v) is 5.60. The standard InChI is InChI=1S/C14H24N4O/c15-10-13-11-17(8-9-19-13)14-16-6-7-18(14)12-4-2-1-3-5-12/h6-7,12-13H,1-5,8-11,15H2. The van der Waals surface area contributed by atoms with Crippen LogP contribution in [0.5, 0.6) is 0 Å². The minimum Gasteiger partial charge on any atom is -0.373 e. The molecule has 19 heavy (non-hydrogen) atoms. The van der Waals surface area contributed by atoms with Crippen molar-refractivity contribution in [1.82, 2.24) is 9.55 Å². The van der Waals surface area contributed by atoms with Gasteiger partial charge in [0, 0.05) is 38.1 Å². The summed E-state index contributed by atoms with van der Waals surface area (Å²) in [5.41, 5.74) is 5.72. The summed E-state index contributed by atoms with van der Waals surface area (Å²) >= 11 is 0. The summed E-state index contributed by atoms with van der Waals surface area (Å²) < 4.78 is 8.01. The number of anilines is 1. The van der Waals surface area contributed by atoms with E-state index in [1.807, 2.05) is 6.20 Å². The molecule has 0 radical (unpaired) electrons. The Kier molecular flexibility index (Phi) is 4.03. The molecule has 1 aliphatic carbocycles. The van der Waals surface area contributed by atoms with E-state index >= 15 is 0 Å². The lowest BCUT2D eigenvalue weighted by Crippen LogP contribution is -2.46. The molecule has 2 heterocycles. The number of nitrogens with two attached hydrogens (primary N) is 1. The summed E-state index contributed by atoms with van der Waals surface area (Å²) in [7, 11) is 0. The van der Waals surface area contributed by atoms with Crippen molar-refractivity contribution in [1.29, 1.82) is 0 Å². The van der Waals surface area contributed by atoms with Gasteiger partial charge in [0.15, 0.2) is 0 Å². The van der Waals surface area contributed by atoms with Crippen LogP contribution in [0.2, 0.25) is 0 Å². The molecule has 5 heteroatoms. The molecule has 0 aromatic carbocycles. The Morgan fingerprint density at radius 1 is 1.32 bits per heavy atom. The lowest BCUT2D eigenvalue weighted by Gasteiger charge is -2.35. The van der Waals surface area contributed by atoms with E-state index in [2.05, 4.69) is 20.6 Å². The molecule has 1 atom stereocenters. The van der Waals surface area contributed by atoms with E-state index in [-0.39, 0.29) is 6.10 Å². The van der Waals surface area contributed by atoms with Crippen LogP contribution in [0, 0.1) is 0 Å². The summed E-state index contributed by atoms with van der Waals surface area (Å²) in [6.45, 7) is 3.11. The third kappa shape index (κ3) is 2.77. The zero-order valence-electron chi connectivity index (χ0n) is 11.5. The lowest BCUT2D eigenvalue weighted by atomic mass is 9.95. The lowest BCUT2D eigenvalue weighted by molar-refractivity contribution is 0.0456. The van der Waals surface area contributed by atoms with Crippen LogP contribution >= 0.6 is 0 Å². The van der Waals surface area contributed by atoms with Crippen LogP contribution in [0.3, 0.4) is 0 Å². The maximum Gasteiger partial charge on any atom is 0.205 e. The van der Waals surface area contributed by atoms with Crippen molar-refractivity contribution in [3.05, 3.63) is 12.4 Å². The minimum atomic E-state index is 0.144. The Labute approximate surface area is 114 Å². The average Bonchev–Trinajstić information content (AvgIpc) is 2.98. The van der Waals surface area contributed by atoms with Gasteiger partial charge in [0.25, 0.3) is 0 Å². The SMILES string of the molecule is NCC1CN(c2nccn2C2CCCCC2)CCO1. The molecule has 1 saturated heterocycles. The van der Waals surface area contributed by atoms with Gasteiger partial charge in [0.05, 0.1) is 12.7 Å². The number of ether oxygens (including phenoxy) is 1. The highest BCUT2D eigenvalue weighted by molar-refractivity contribution is 5.33. The predicted molar refractivity (Wildman–Crippen MR) is 75.4 cm³/mol. The third-order valence-corrected chi connectivity index (χ3v) is 4.30. The van der Waals surface area contributed by atoms with Gasteiger partial charge in [-0.2, -0.15) is 0 Å². The molecule has 5 nitrogen and oxygen atoms in total. The zero-order valence-corrected chi connectivity index (χ0v) is 11.5. The van der Waals surface area contributed by atoms with Crippen LogP contribution in [0.4, 0.5) is 5.95 Å². The number of imidazole rings is 1. The Bertz CT molecular complexity index is 400. The first-order chi connectivity index (χ1) is 9.38. The van der Waals surface area contributed by atoms with Crippen LogP contribution in [0.1, 0.15) is 38.1 Å². The molecular formula is C14H24N4O. The van der Waals surface area contributed by atoms with Crippen molar-refractivity contribution in [2.45, 2.75) is 44.2 Å². The smallest absolute Gasteiger partial charge is 0.205 e. The largest absolute Gasteiger partial charge is 0.373 e. The first-order valence-electron chi connectivity index (χ1n) is 7.48. The molecule has 0 bridgehead atoms. The maximum absolute atomic E-state index is 5.72. The molecule has 0 amide bonds. The number of nitrogens with zero attached hydrogens (tertiary/aromatic N) is 3. The Hall–Kier alpha value is -1.07. The zero-order chi connectivity index (χ0) is 13.1. The van der Waals surface area contributed by atoms with Gasteiger partial charge in [0.2, 0.25) is 5.95 Å². The van der Waals surface area contributed by atoms with E-state index in [9.17, 15) is 0 Å². The van der Waals surface area contributed by atoms with Gasteiger partial charge in [-0.05, 0) is 12.8 Å². The number of hydrogen-bond acceptors (Lipinski definition) is 4. The Morgan fingerprint density at radius 2 is 2.16 bits per heavy atom. The molecule has 1 saturated carbocycles. The monoisotopic (exact) mass is 264 g/mol. The molecule has 106 valence electrons. The summed E-state index contributed by atoms with van der Waals surface area (Å²) in [5.74, 6) is 1.11. The van der Waals surface area contributed by atoms with Crippen LogP contribution in [0.25, 0.3) is 0 Å². The highest BCUT2D eigenvalue weighted by Crippen LogP contribution is 2.31. The molecule has 2 fully saturated rings. The topological polar surface area (TPSA) is 56.3 Å². The summed E-state index contributed by atoms with van der Waals surface area (Å²) in [6.07, 6.45) is 10.9. The molecule has 1 aromatic heterocycles. The molecule has 3 rings (SSSR count). The van der Waals surface area contributed by atoms with Crippen LogP contribution in [-0.2, 0) is 4.74 Å². The summed E-state index contributed by atoms with van der Waals surface area (Å²) in [4.78, 5) is 6.91. The van der Waals surface area contributed by atoms with Crippen molar-refractivity contribution in [2.75, 3.05) is 31.1 Å². The quantitative estimate of drug-likeness (QED) is 0.900. The fourth-order valence-electron chi connectivity index (χ4n) is 3.24. The van der Waals surface area contributed by atoms with Gasteiger partial charge in [-0.25, -0.2) is 4.98 Å². The van der Waals surface area contributed by atoms with Gasteiger partial charge in [-0.15, -0.1) is 0 Å². The summed E-state index contributed by atoms with van der Waals surface area (Å²) in [6, 6.07) is 0.630. The van der Waals surface area contributed by atoms with Crippen LogP contribution in [0.15, 0.2) is 12.4 Å². The van der Waals surface area contributed by atoms with E-state index in [0.717, 1.165) is 25.6 Å². The molecule has 2 aliphatic rings. The second-order valence-electron chi connectivity index (χ2n) is 5.60. The fraction of sp³-hybridized carbons (Fsp3) is 0.786. The Balaban J connectivity index is 1.75. The second kappa shape index (κ2) is 5.92.